The van der Waals surface area contributed by atoms with Gasteiger partial charge in [-0.1, -0.05) is 38.1 Å². The minimum atomic E-state index is -0.375. The van der Waals surface area contributed by atoms with E-state index in [2.05, 4.69) is 40.6 Å². The topological polar surface area (TPSA) is 58.2 Å². The summed E-state index contributed by atoms with van der Waals surface area (Å²) >= 11 is 4.92. The fourth-order valence-corrected chi connectivity index (χ4v) is 3.32. The second kappa shape index (κ2) is 8.17. The molecule has 0 aliphatic rings. The number of carbonyl (C=O) groups is 2. The Bertz CT molecular complexity index is 719. The van der Waals surface area contributed by atoms with Crippen LogP contribution in [-0.4, -0.2) is 17.1 Å². The van der Waals surface area contributed by atoms with Crippen LogP contribution in [0.5, 0.6) is 0 Å². The average molecular weight is 393 g/mol. The van der Waals surface area contributed by atoms with Gasteiger partial charge < -0.3 is 0 Å². The minimum absolute atomic E-state index is 0.339. The number of hydrogen-bond acceptors (Lipinski definition) is 3. The highest BCUT2D eigenvalue weighted by molar-refractivity contribution is 9.10. The Kier molecular flexibility index (Phi) is 6.24. The summed E-state index contributed by atoms with van der Waals surface area (Å²) in [5, 5.41) is 0.360. The Hall–Kier alpha value is -1.79. The van der Waals surface area contributed by atoms with Gasteiger partial charge in [0.2, 0.25) is 0 Å². The van der Waals surface area contributed by atoms with Gasteiger partial charge in [0.1, 0.15) is 0 Å². The molecule has 0 atom stereocenters. The maximum atomic E-state index is 12.3. The highest BCUT2D eigenvalue weighted by atomic mass is 79.9. The monoisotopic (exact) mass is 392 g/mol. The Balaban J connectivity index is 2.06. The Morgan fingerprint density at radius 1 is 0.913 bits per heavy atom. The number of hydrogen-bond donors (Lipinski definition) is 2. The summed E-state index contributed by atoms with van der Waals surface area (Å²) in [4.78, 5) is 25.3. The van der Waals surface area contributed by atoms with E-state index in [0.717, 1.165) is 4.90 Å². The zero-order chi connectivity index (χ0) is 16.8. The van der Waals surface area contributed by atoms with E-state index in [0.29, 0.717) is 20.8 Å². The van der Waals surface area contributed by atoms with E-state index >= 15 is 0 Å². The molecule has 2 amide bonds. The molecule has 0 heterocycles. The summed E-state index contributed by atoms with van der Waals surface area (Å²) in [5.41, 5.74) is 5.90. The number of carbonyl (C=O) groups excluding carboxylic acids is 2. The molecule has 0 unspecified atom stereocenters. The predicted molar refractivity (Wildman–Crippen MR) is 96.5 cm³/mol. The molecule has 2 aromatic carbocycles. The van der Waals surface area contributed by atoms with Gasteiger partial charge >= 0.3 is 0 Å². The third-order valence-electron chi connectivity index (χ3n) is 2.90. The van der Waals surface area contributed by atoms with Crippen molar-refractivity contribution in [2.75, 3.05) is 0 Å². The average Bonchev–Trinajstić information content (AvgIpc) is 2.52. The quantitative estimate of drug-likeness (QED) is 0.609. The molecule has 0 saturated heterocycles. The Morgan fingerprint density at radius 3 is 2.04 bits per heavy atom. The number of halogens is 1. The predicted octanol–water partition coefficient (Wildman–Crippen LogP) is 4.02. The molecule has 0 aliphatic carbocycles. The summed E-state index contributed by atoms with van der Waals surface area (Å²) in [6.45, 7) is 4.13. The fraction of sp³-hybridized carbons (Fsp3) is 0.176. The number of hydrazine groups is 1. The van der Waals surface area contributed by atoms with Crippen molar-refractivity contribution in [2.45, 2.75) is 24.0 Å². The number of thioether (sulfide) groups is 1. The normalized spacial score (nSPS) is 10.4. The van der Waals surface area contributed by atoms with Crippen molar-refractivity contribution in [1.82, 2.24) is 10.9 Å². The lowest BCUT2D eigenvalue weighted by atomic mass is 10.2. The van der Waals surface area contributed by atoms with E-state index in [1.54, 1.807) is 42.1 Å². The molecular formula is C17H17BrN2O2S. The third-order valence-corrected chi connectivity index (χ3v) is 4.68. The van der Waals surface area contributed by atoms with Gasteiger partial charge in [-0.3, -0.25) is 20.4 Å². The van der Waals surface area contributed by atoms with E-state index in [4.69, 9.17) is 0 Å². The smallest absolute Gasteiger partial charge is 0.267 e. The third kappa shape index (κ3) is 4.84. The molecule has 0 radical (unpaired) electrons. The molecule has 2 rings (SSSR count). The molecule has 23 heavy (non-hydrogen) atoms. The van der Waals surface area contributed by atoms with E-state index in [1.165, 1.54) is 0 Å². The van der Waals surface area contributed by atoms with Crippen molar-refractivity contribution in [3.05, 3.63) is 64.1 Å². The van der Waals surface area contributed by atoms with Crippen LogP contribution in [0.15, 0.2) is 57.9 Å². The van der Waals surface area contributed by atoms with Gasteiger partial charge in [-0.15, -0.1) is 11.8 Å². The van der Waals surface area contributed by atoms with Gasteiger partial charge in [-0.25, -0.2) is 0 Å². The lowest BCUT2D eigenvalue weighted by Crippen LogP contribution is -2.41. The van der Waals surface area contributed by atoms with Crippen LogP contribution < -0.4 is 10.9 Å². The van der Waals surface area contributed by atoms with Crippen LogP contribution in [0, 0.1) is 0 Å². The van der Waals surface area contributed by atoms with Crippen LogP contribution in [0.3, 0.4) is 0 Å². The standard InChI is InChI=1S/C17H17BrN2O2S/c1-11(2)23-15-10-6-4-8-13(15)17(22)20-19-16(21)12-7-3-5-9-14(12)18/h3-11H,1-2H3,(H,19,21)(H,20,22). The first-order valence-electron chi connectivity index (χ1n) is 7.10. The largest absolute Gasteiger partial charge is 0.270 e. The second-order valence-electron chi connectivity index (χ2n) is 5.05. The zero-order valence-corrected chi connectivity index (χ0v) is 15.2. The van der Waals surface area contributed by atoms with Crippen LogP contribution in [0.25, 0.3) is 0 Å². The maximum absolute atomic E-state index is 12.3. The first-order chi connectivity index (χ1) is 11.0. The highest BCUT2D eigenvalue weighted by Gasteiger charge is 2.14. The van der Waals surface area contributed by atoms with Crippen LogP contribution in [0.2, 0.25) is 0 Å². The molecule has 2 N–H and O–H groups in total. The molecule has 0 fully saturated rings. The lowest BCUT2D eigenvalue weighted by Gasteiger charge is -2.12. The maximum Gasteiger partial charge on any atom is 0.270 e. The fourth-order valence-electron chi connectivity index (χ4n) is 1.90. The van der Waals surface area contributed by atoms with Crippen molar-refractivity contribution in [3.63, 3.8) is 0 Å². The summed E-state index contributed by atoms with van der Waals surface area (Å²) in [5.74, 6) is -0.714. The first-order valence-corrected chi connectivity index (χ1v) is 8.77. The van der Waals surface area contributed by atoms with Gasteiger partial charge in [0.25, 0.3) is 11.8 Å². The molecule has 4 nitrogen and oxygen atoms in total. The Labute approximate surface area is 148 Å². The number of rotatable bonds is 4. The van der Waals surface area contributed by atoms with Gasteiger partial charge in [0, 0.05) is 14.6 Å². The number of benzene rings is 2. The molecule has 6 heteroatoms. The summed E-state index contributed by atoms with van der Waals surface area (Å²) in [6.07, 6.45) is 0. The molecule has 0 aromatic heterocycles. The van der Waals surface area contributed by atoms with Crippen LogP contribution in [0.4, 0.5) is 0 Å². The zero-order valence-electron chi connectivity index (χ0n) is 12.8. The van der Waals surface area contributed by atoms with Crippen LogP contribution >= 0.6 is 27.7 Å². The van der Waals surface area contributed by atoms with E-state index in [1.807, 2.05) is 18.2 Å². The number of amides is 2. The second-order valence-corrected chi connectivity index (χ2v) is 7.52. The summed E-state index contributed by atoms with van der Waals surface area (Å²) in [7, 11) is 0. The molecule has 0 saturated carbocycles. The van der Waals surface area contributed by atoms with Gasteiger partial charge in [-0.05, 0) is 40.2 Å². The summed E-state index contributed by atoms with van der Waals surface area (Å²) in [6, 6.07) is 14.4. The molecule has 120 valence electrons. The SMILES string of the molecule is CC(C)Sc1ccccc1C(=O)NNC(=O)c1ccccc1Br. The van der Waals surface area contributed by atoms with Crippen molar-refractivity contribution >= 4 is 39.5 Å². The Morgan fingerprint density at radius 2 is 1.43 bits per heavy atom. The van der Waals surface area contributed by atoms with Gasteiger partial charge in [0.15, 0.2) is 0 Å². The van der Waals surface area contributed by atoms with Crippen LogP contribution in [0.1, 0.15) is 34.6 Å². The van der Waals surface area contributed by atoms with Crippen LogP contribution in [-0.2, 0) is 0 Å². The van der Waals surface area contributed by atoms with Crippen molar-refractivity contribution in [2.24, 2.45) is 0 Å². The highest BCUT2D eigenvalue weighted by Crippen LogP contribution is 2.26. The molecular weight excluding hydrogens is 376 g/mol. The first kappa shape index (κ1) is 17.6. The van der Waals surface area contributed by atoms with E-state index in [-0.39, 0.29) is 11.8 Å². The molecule has 0 aliphatic heterocycles. The van der Waals surface area contributed by atoms with Crippen molar-refractivity contribution in [1.29, 1.82) is 0 Å². The van der Waals surface area contributed by atoms with Gasteiger partial charge in [-0.2, -0.15) is 0 Å². The molecule has 0 spiro atoms. The molecule has 2 aromatic rings. The van der Waals surface area contributed by atoms with Crippen molar-refractivity contribution in [3.8, 4) is 0 Å². The molecule has 0 bridgehead atoms. The summed E-state index contributed by atoms with van der Waals surface area (Å²) < 4.78 is 0.669. The number of nitrogens with one attached hydrogen (secondary N) is 2. The lowest BCUT2D eigenvalue weighted by molar-refractivity contribution is 0.0844. The van der Waals surface area contributed by atoms with E-state index in [9.17, 15) is 9.59 Å². The van der Waals surface area contributed by atoms with Crippen molar-refractivity contribution < 1.29 is 9.59 Å². The minimum Gasteiger partial charge on any atom is -0.267 e. The van der Waals surface area contributed by atoms with Gasteiger partial charge in [0.05, 0.1) is 11.1 Å². The van der Waals surface area contributed by atoms with E-state index < -0.39 is 0 Å².